The molecule has 4 atom stereocenters. The molecule has 4 N–H and O–H groups in total. The van der Waals surface area contributed by atoms with Crippen LogP contribution in [0.25, 0.3) is 5.65 Å². The van der Waals surface area contributed by atoms with Gasteiger partial charge in [0.15, 0.2) is 17.1 Å². The van der Waals surface area contributed by atoms with Crippen molar-refractivity contribution in [2.75, 3.05) is 19.5 Å². The van der Waals surface area contributed by atoms with Gasteiger partial charge in [0.25, 0.3) is 0 Å². The summed E-state index contributed by atoms with van der Waals surface area (Å²) in [5, 5.41) is 24.9. The van der Waals surface area contributed by atoms with E-state index in [2.05, 4.69) is 21.0 Å². The molecule has 0 radical (unpaired) electrons. The molecule has 9 nitrogen and oxygen atoms in total. The van der Waals surface area contributed by atoms with Gasteiger partial charge in [0.1, 0.15) is 24.6 Å². The Hall–Kier alpha value is -2.25. The van der Waals surface area contributed by atoms with Crippen LogP contribution in [0.1, 0.15) is 11.8 Å². The van der Waals surface area contributed by atoms with E-state index in [0.29, 0.717) is 11.3 Å². The summed E-state index contributed by atoms with van der Waals surface area (Å²) < 4.78 is 12.0. The summed E-state index contributed by atoms with van der Waals surface area (Å²) in [6.45, 7) is 0.0789. The van der Waals surface area contributed by atoms with E-state index in [1.165, 1.54) is 24.1 Å². The van der Waals surface area contributed by atoms with Gasteiger partial charge in [-0.25, -0.2) is 14.5 Å². The van der Waals surface area contributed by atoms with Crippen molar-refractivity contribution in [2.24, 2.45) is 0 Å². The number of aliphatic hydroxyl groups excluding tert-OH is 1. The second-order valence-electron chi connectivity index (χ2n) is 4.99. The van der Waals surface area contributed by atoms with Crippen LogP contribution in [0.5, 0.6) is 0 Å². The molecule has 1 aliphatic rings. The highest BCUT2D eigenvalue weighted by Gasteiger charge is 2.56. The fourth-order valence-corrected chi connectivity index (χ4v) is 2.57. The third kappa shape index (κ3) is 1.93. The number of nitrogens with zero attached hydrogens (tertiary/aromatic N) is 4. The first-order valence-electron chi connectivity index (χ1n) is 6.49. The van der Waals surface area contributed by atoms with Crippen LogP contribution in [0.2, 0.25) is 0 Å². The summed E-state index contributed by atoms with van der Waals surface area (Å²) in [5.74, 6) is 2.38. The van der Waals surface area contributed by atoms with Crippen molar-refractivity contribution in [3.8, 4) is 12.3 Å². The highest BCUT2D eigenvalue weighted by atomic mass is 16.6. The largest absolute Gasteiger partial charge is 0.386 e. The average Bonchev–Trinajstić information content (AvgIpc) is 3.04. The molecule has 1 saturated heterocycles. The molecule has 0 spiro atoms. The zero-order valence-electron chi connectivity index (χ0n) is 11.7. The quantitative estimate of drug-likeness (QED) is 0.586. The van der Waals surface area contributed by atoms with Crippen LogP contribution >= 0.6 is 0 Å². The molecule has 2 aromatic rings. The van der Waals surface area contributed by atoms with Crippen molar-refractivity contribution in [3.05, 3.63) is 18.2 Å². The van der Waals surface area contributed by atoms with Gasteiger partial charge in [-0.3, -0.25) is 0 Å². The molecule has 3 rings (SSSR count). The first kappa shape index (κ1) is 14.7. The van der Waals surface area contributed by atoms with Crippen molar-refractivity contribution in [1.29, 1.82) is 0 Å². The van der Waals surface area contributed by atoms with Crippen molar-refractivity contribution >= 4 is 11.5 Å². The lowest BCUT2D eigenvalue weighted by atomic mass is 9.90. The van der Waals surface area contributed by atoms with Gasteiger partial charge in [-0.15, -0.1) is 6.42 Å². The number of hydrogen-bond acceptors (Lipinski definition) is 8. The Labute approximate surface area is 125 Å². The number of aliphatic hydroxyl groups is 2. The van der Waals surface area contributed by atoms with Crippen LogP contribution in [0.3, 0.4) is 0 Å². The van der Waals surface area contributed by atoms with Gasteiger partial charge < -0.3 is 25.4 Å². The monoisotopic (exact) mass is 305 g/mol. The Kier molecular flexibility index (Phi) is 3.46. The van der Waals surface area contributed by atoms with E-state index >= 15 is 0 Å². The lowest BCUT2D eigenvalue weighted by molar-refractivity contribution is -0.0386. The van der Waals surface area contributed by atoms with Crippen LogP contribution in [-0.2, 0) is 9.47 Å². The van der Waals surface area contributed by atoms with Gasteiger partial charge >= 0.3 is 0 Å². The number of anilines is 1. The molecule has 0 bridgehead atoms. The Morgan fingerprint density at radius 3 is 3.05 bits per heavy atom. The van der Waals surface area contributed by atoms with Gasteiger partial charge in [-0.05, 0) is 0 Å². The predicted octanol–water partition coefficient (Wildman–Crippen LogP) is -1.48. The SMILES string of the molecule is C#C[C@@]1(O)[C@H](O)[C@@H](COC)O[C@H]1c1cnc2c(N)ncnn12. The fraction of sp³-hybridized carbons (Fsp3) is 0.462. The first-order chi connectivity index (χ1) is 10.5. The molecule has 22 heavy (non-hydrogen) atoms. The number of terminal acetylenes is 1. The maximum atomic E-state index is 10.6. The minimum absolute atomic E-state index is 0.0789. The Bertz CT molecular complexity index is 742. The number of fused-ring (bicyclic) bond motifs is 1. The second-order valence-corrected chi connectivity index (χ2v) is 4.99. The second kappa shape index (κ2) is 5.19. The zero-order chi connectivity index (χ0) is 15.9. The van der Waals surface area contributed by atoms with Crippen molar-refractivity contribution in [2.45, 2.75) is 23.9 Å². The molecule has 1 aliphatic heterocycles. The van der Waals surface area contributed by atoms with E-state index < -0.39 is 23.9 Å². The minimum atomic E-state index is -1.93. The summed E-state index contributed by atoms with van der Waals surface area (Å²) in [6, 6.07) is 0. The molecular weight excluding hydrogens is 290 g/mol. The molecule has 9 heteroatoms. The number of methoxy groups -OCH3 is 1. The lowest BCUT2D eigenvalue weighted by Gasteiger charge is -2.24. The maximum Gasteiger partial charge on any atom is 0.196 e. The third-order valence-corrected chi connectivity index (χ3v) is 3.70. The van der Waals surface area contributed by atoms with Crippen LogP contribution in [0.15, 0.2) is 12.5 Å². The number of imidazole rings is 1. The summed E-state index contributed by atoms with van der Waals surface area (Å²) in [5.41, 5.74) is 4.46. The van der Waals surface area contributed by atoms with Crippen LogP contribution in [-0.4, -0.2) is 61.3 Å². The lowest BCUT2D eigenvalue weighted by Crippen LogP contribution is -2.44. The molecule has 116 valence electrons. The highest BCUT2D eigenvalue weighted by Crippen LogP contribution is 2.41. The Morgan fingerprint density at radius 2 is 2.36 bits per heavy atom. The van der Waals surface area contributed by atoms with E-state index in [1.54, 1.807) is 0 Å². The van der Waals surface area contributed by atoms with Gasteiger partial charge in [0.2, 0.25) is 0 Å². The summed E-state index contributed by atoms with van der Waals surface area (Å²) in [4.78, 5) is 7.93. The van der Waals surface area contributed by atoms with E-state index in [1.807, 2.05) is 0 Å². The van der Waals surface area contributed by atoms with E-state index in [0.717, 1.165) is 0 Å². The van der Waals surface area contributed by atoms with Gasteiger partial charge in [-0.2, -0.15) is 5.10 Å². The van der Waals surface area contributed by atoms with Crippen molar-refractivity contribution in [3.63, 3.8) is 0 Å². The molecule has 0 aromatic carbocycles. The Balaban J connectivity index is 2.09. The first-order valence-corrected chi connectivity index (χ1v) is 6.49. The topological polar surface area (TPSA) is 128 Å². The molecule has 0 saturated carbocycles. The fourth-order valence-electron chi connectivity index (χ4n) is 2.57. The molecule has 1 fully saturated rings. The van der Waals surface area contributed by atoms with Crippen molar-refractivity contribution < 1.29 is 19.7 Å². The molecule has 0 aliphatic carbocycles. The molecule has 3 heterocycles. The van der Waals surface area contributed by atoms with Crippen molar-refractivity contribution in [1.82, 2.24) is 19.6 Å². The van der Waals surface area contributed by atoms with Crippen LogP contribution < -0.4 is 5.73 Å². The summed E-state index contributed by atoms with van der Waals surface area (Å²) in [7, 11) is 1.46. The number of nitrogen functional groups attached to an aromatic ring is 1. The van der Waals surface area contributed by atoms with E-state index in [4.69, 9.17) is 21.6 Å². The van der Waals surface area contributed by atoms with Gasteiger partial charge in [-0.1, -0.05) is 5.92 Å². The smallest absolute Gasteiger partial charge is 0.196 e. The average molecular weight is 305 g/mol. The number of hydrogen-bond donors (Lipinski definition) is 3. The Morgan fingerprint density at radius 1 is 1.59 bits per heavy atom. The predicted molar refractivity (Wildman–Crippen MR) is 74.5 cm³/mol. The molecule has 2 aromatic heterocycles. The molecule has 0 amide bonds. The van der Waals surface area contributed by atoms with Crippen LogP contribution in [0, 0.1) is 12.3 Å². The van der Waals surface area contributed by atoms with E-state index in [9.17, 15) is 10.2 Å². The minimum Gasteiger partial charge on any atom is -0.386 e. The number of rotatable bonds is 3. The number of aromatic nitrogens is 4. The summed E-state index contributed by atoms with van der Waals surface area (Å²) >= 11 is 0. The summed E-state index contributed by atoms with van der Waals surface area (Å²) in [6.07, 6.45) is 4.98. The maximum absolute atomic E-state index is 10.6. The molecule has 0 unspecified atom stereocenters. The number of nitrogens with two attached hydrogens (primary N) is 1. The van der Waals surface area contributed by atoms with Crippen LogP contribution in [0.4, 0.5) is 5.82 Å². The zero-order valence-corrected chi connectivity index (χ0v) is 11.7. The van der Waals surface area contributed by atoms with E-state index in [-0.39, 0.29) is 12.4 Å². The molecular formula is C13H15N5O4. The van der Waals surface area contributed by atoms with Gasteiger partial charge in [0, 0.05) is 7.11 Å². The third-order valence-electron chi connectivity index (χ3n) is 3.70. The normalized spacial score (nSPS) is 31.5. The standard InChI is InChI=1S/C13H15N5O4/c1-3-13(20)9(19)8(5-21-2)22-10(13)7-4-15-12-11(14)16-6-17-18(7)12/h1,4,6,8-10,19-20H,5H2,2H3,(H2,14,16,17)/t8-,9-,10+,13-/m1/s1. The number of ether oxygens (including phenoxy) is 2. The highest BCUT2D eigenvalue weighted by molar-refractivity contribution is 5.59. The van der Waals surface area contributed by atoms with Gasteiger partial charge in [0.05, 0.1) is 18.5 Å².